The zero-order valence-electron chi connectivity index (χ0n) is 13.8. The number of guanidine groups is 1. The lowest BCUT2D eigenvalue weighted by atomic mass is 9.99. The third-order valence-corrected chi connectivity index (χ3v) is 5.95. The molecular weight excluding hydrogens is 425 g/mol. The summed E-state index contributed by atoms with van der Waals surface area (Å²) in [6, 6.07) is 4.30. The topological polar surface area (TPSA) is 53.9 Å². The number of aliphatic imine (C=N–C) groups is 1. The summed E-state index contributed by atoms with van der Waals surface area (Å²) in [5.74, 6) is 0.994. The molecule has 0 amide bonds. The van der Waals surface area contributed by atoms with Crippen LogP contribution in [0.25, 0.3) is 0 Å². The van der Waals surface area contributed by atoms with Gasteiger partial charge < -0.3 is 15.0 Å². The highest BCUT2D eigenvalue weighted by atomic mass is 127. The van der Waals surface area contributed by atoms with E-state index in [0.717, 1.165) is 32.0 Å². The zero-order valence-corrected chi connectivity index (χ0v) is 16.8. The van der Waals surface area contributed by atoms with E-state index in [4.69, 9.17) is 9.73 Å². The van der Waals surface area contributed by atoms with E-state index in [2.05, 4.69) is 58.8 Å². The third kappa shape index (κ3) is 5.07. The smallest absolute Gasteiger partial charge is 0.310 e. The van der Waals surface area contributed by atoms with Crippen molar-refractivity contribution in [1.82, 2.24) is 10.2 Å². The van der Waals surface area contributed by atoms with Crippen LogP contribution in [0.3, 0.4) is 0 Å². The van der Waals surface area contributed by atoms with Gasteiger partial charge in [-0.15, -0.1) is 11.3 Å². The van der Waals surface area contributed by atoms with Crippen molar-refractivity contribution >= 4 is 45.9 Å². The number of carbonyl (C=O) groups is 1. The van der Waals surface area contributed by atoms with Crippen molar-refractivity contribution in [3.05, 3.63) is 19.9 Å². The highest BCUT2D eigenvalue weighted by molar-refractivity contribution is 14.1. The summed E-state index contributed by atoms with van der Waals surface area (Å²) in [6.07, 6.45) is 0.951. The number of nitrogens with zero attached hydrogens (tertiary/aromatic N) is 2. The summed E-state index contributed by atoms with van der Waals surface area (Å²) < 4.78 is 6.22. The van der Waals surface area contributed by atoms with E-state index in [-0.39, 0.29) is 17.8 Å². The van der Waals surface area contributed by atoms with Gasteiger partial charge in [-0.1, -0.05) is 6.92 Å². The highest BCUT2D eigenvalue weighted by Gasteiger charge is 2.36. The summed E-state index contributed by atoms with van der Waals surface area (Å²) in [7, 11) is 1.46. The summed E-state index contributed by atoms with van der Waals surface area (Å²) in [5.41, 5.74) is 0. The number of hydrogen-bond donors (Lipinski definition) is 1. The Morgan fingerprint density at radius 3 is 2.91 bits per heavy atom. The molecule has 0 aliphatic carbocycles. The van der Waals surface area contributed by atoms with Crippen LogP contribution in [0, 0.1) is 14.7 Å². The number of methoxy groups -OCH3 is 1. The van der Waals surface area contributed by atoms with E-state index in [0.29, 0.717) is 6.54 Å². The van der Waals surface area contributed by atoms with Gasteiger partial charge in [0.2, 0.25) is 0 Å². The van der Waals surface area contributed by atoms with Gasteiger partial charge in [-0.2, -0.15) is 0 Å². The fraction of sp³-hybridized carbons (Fsp3) is 0.625. The molecule has 1 aromatic rings. The molecule has 2 heterocycles. The first-order chi connectivity index (χ1) is 11.0. The lowest BCUT2D eigenvalue weighted by Crippen LogP contribution is -2.40. The Kier molecular flexibility index (Phi) is 7.13. The van der Waals surface area contributed by atoms with Crippen molar-refractivity contribution in [2.75, 3.05) is 33.3 Å². The molecular formula is C16H24IN3O2S. The van der Waals surface area contributed by atoms with Crippen LogP contribution < -0.4 is 5.32 Å². The molecule has 7 heteroatoms. The molecule has 0 bridgehead atoms. The number of rotatable bonds is 5. The Hall–Kier alpha value is -0.830. The minimum absolute atomic E-state index is 0.0669. The van der Waals surface area contributed by atoms with Crippen LogP contribution in [0.15, 0.2) is 17.1 Å². The van der Waals surface area contributed by atoms with Gasteiger partial charge in [-0.3, -0.25) is 9.79 Å². The van der Waals surface area contributed by atoms with Gasteiger partial charge >= 0.3 is 5.97 Å². The number of nitrogens with one attached hydrogen (secondary N) is 1. The molecule has 2 atom stereocenters. The highest BCUT2D eigenvalue weighted by Crippen LogP contribution is 2.24. The number of hydrogen-bond acceptors (Lipinski definition) is 4. The number of esters is 1. The average molecular weight is 449 g/mol. The molecule has 0 aromatic carbocycles. The molecule has 0 radical (unpaired) electrons. The largest absolute Gasteiger partial charge is 0.469 e. The first kappa shape index (κ1) is 18.5. The fourth-order valence-electron chi connectivity index (χ4n) is 2.78. The normalized spacial score (nSPS) is 21.6. The minimum atomic E-state index is -0.121. The quantitative estimate of drug-likeness (QED) is 0.325. The van der Waals surface area contributed by atoms with Gasteiger partial charge in [0.05, 0.1) is 15.9 Å². The van der Waals surface area contributed by atoms with E-state index in [1.165, 1.54) is 14.9 Å². The van der Waals surface area contributed by atoms with Crippen LogP contribution in [0.4, 0.5) is 0 Å². The van der Waals surface area contributed by atoms with E-state index in [1.54, 1.807) is 0 Å². The zero-order chi connectivity index (χ0) is 16.8. The molecule has 1 fully saturated rings. The van der Waals surface area contributed by atoms with Crippen LogP contribution in [0.2, 0.25) is 0 Å². The van der Waals surface area contributed by atoms with Crippen LogP contribution in [-0.2, 0) is 16.0 Å². The molecule has 0 saturated carbocycles. The SMILES string of the molecule is CCNC(=NCCc1ccc(I)s1)N1CC(C)C(C(=O)OC)C1. The van der Waals surface area contributed by atoms with Crippen molar-refractivity contribution in [1.29, 1.82) is 0 Å². The molecule has 2 rings (SSSR count). The average Bonchev–Trinajstić information content (AvgIpc) is 3.11. The molecule has 5 nitrogen and oxygen atoms in total. The van der Waals surface area contributed by atoms with E-state index < -0.39 is 0 Å². The summed E-state index contributed by atoms with van der Waals surface area (Å²) in [5, 5.41) is 3.34. The van der Waals surface area contributed by atoms with Crippen molar-refractivity contribution in [2.24, 2.45) is 16.8 Å². The van der Waals surface area contributed by atoms with E-state index >= 15 is 0 Å². The van der Waals surface area contributed by atoms with Gasteiger partial charge in [0.1, 0.15) is 0 Å². The second-order valence-corrected chi connectivity index (χ2v) is 8.77. The predicted molar refractivity (Wildman–Crippen MR) is 103 cm³/mol. The van der Waals surface area contributed by atoms with Gasteiger partial charge in [-0.25, -0.2) is 0 Å². The van der Waals surface area contributed by atoms with E-state index in [9.17, 15) is 4.79 Å². The number of carbonyl (C=O) groups excluding carboxylic acids is 1. The van der Waals surface area contributed by atoms with Gasteiger partial charge in [-0.05, 0) is 47.6 Å². The van der Waals surface area contributed by atoms with Crippen LogP contribution in [0.5, 0.6) is 0 Å². The Morgan fingerprint density at radius 2 is 2.30 bits per heavy atom. The Morgan fingerprint density at radius 1 is 1.52 bits per heavy atom. The predicted octanol–water partition coefficient (Wildman–Crippen LogP) is 2.60. The van der Waals surface area contributed by atoms with Crippen molar-refractivity contribution in [2.45, 2.75) is 20.3 Å². The van der Waals surface area contributed by atoms with E-state index in [1.807, 2.05) is 11.3 Å². The van der Waals surface area contributed by atoms with Crippen LogP contribution in [0.1, 0.15) is 18.7 Å². The summed E-state index contributed by atoms with van der Waals surface area (Å²) in [4.78, 5) is 20.1. The second kappa shape index (κ2) is 8.86. The van der Waals surface area contributed by atoms with Crippen molar-refractivity contribution in [3.63, 3.8) is 0 Å². The van der Waals surface area contributed by atoms with Crippen LogP contribution in [-0.4, -0.2) is 50.1 Å². The molecule has 128 valence electrons. The molecule has 1 aliphatic heterocycles. The van der Waals surface area contributed by atoms with Crippen molar-refractivity contribution < 1.29 is 9.53 Å². The molecule has 1 N–H and O–H groups in total. The molecule has 1 saturated heterocycles. The molecule has 1 aliphatic rings. The van der Waals surface area contributed by atoms with Crippen molar-refractivity contribution in [3.8, 4) is 0 Å². The maximum Gasteiger partial charge on any atom is 0.310 e. The Balaban J connectivity index is 1.97. The summed E-state index contributed by atoms with van der Waals surface area (Å²) >= 11 is 4.16. The first-order valence-electron chi connectivity index (χ1n) is 7.90. The maximum absolute atomic E-state index is 11.8. The molecule has 23 heavy (non-hydrogen) atoms. The standard InChI is InChI=1S/C16H24IN3O2S/c1-4-18-16(19-8-7-12-5-6-14(17)23-12)20-9-11(2)13(10-20)15(21)22-3/h5-6,11,13H,4,7-10H2,1-3H3,(H,18,19). The second-order valence-electron chi connectivity index (χ2n) is 5.70. The third-order valence-electron chi connectivity index (χ3n) is 4.00. The maximum atomic E-state index is 11.8. The van der Waals surface area contributed by atoms with Crippen LogP contribution >= 0.6 is 33.9 Å². The monoisotopic (exact) mass is 449 g/mol. The number of likely N-dealkylation sites (tertiary alicyclic amines) is 1. The number of halogens is 1. The Bertz CT molecular complexity index is 561. The van der Waals surface area contributed by atoms with Gasteiger partial charge in [0.15, 0.2) is 5.96 Å². The lowest BCUT2D eigenvalue weighted by Gasteiger charge is -2.21. The fourth-order valence-corrected chi connectivity index (χ4v) is 4.53. The Labute approximate surface area is 155 Å². The number of thiophene rings is 1. The van der Waals surface area contributed by atoms with Gasteiger partial charge in [0.25, 0.3) is 0 Å². The summed E-state index contributed by atoms with van der Waals surface area (Å²) in [6.45, 7) is 7.25. The number of ether oxygens (including phenoxy) is 1. The molecule has 0 spiro atoms. The molecule has 1 aromatic heterocycles. The minimum Gasteiger partial charge on any atom is -0.469 e. The first-order valence-corrected chi connectivity index (χ1v) is 9.80. The van der Waals surface area contributed by atoms with Gasteiger partial charge in [0, 0.05) is 37.5 Å². The lowest BCUT2D eigenvalue weighted by molar-refractivity contribution is -0.145. The molecule has 2 unspecified atom stereocenters.